The third-order valence-electron chi connectivity index (χ3n) is 4.91. The lowest BCUT2D eigenvalue weighted by molar-refractivity contribution is -0.137. The molecule has 162 valence electrons. The molecule has 0 radical (unpaired) electrons. The zero-order valence-corrected chi connectivity index (χ0v) is 17.4. The zero-order valence-electron chi connectivity index (χ0n) is 16.5. The van der Waals surface area contributed by atoms with Crippen LogP contribution < -0.4 is 4.90 Å². The molecule has 3 amide bonds. The fourth-order valence-electron chi connectivity index (χ4n) is 3.23. The first-order chi connectivity index (χ1) is 14.5. The van der Waals surface area contributed by atoms with Crippen molar-refractivity contribution in [1.82, 2.24) is 4.90 Å². The highest BCUT2D eigenvalue weighted by molar-refractivity contribution is 7.99. The summed E-state index contributed by atoms with van der Waals surface area (Å²) >= 11 is 1.35. The van der Waals surface area contributed by atoms with Gasteiger partial charge in [-0.2, -0.15) is 18.4 Å². The minimum Gasteiger partial charge on any atom is -0.309 e. The maximum Gasteiger partial charge on any atom is 0.417 e. The average Bonchev–Trinajstić information content (AvgIpc) is 2.87. The number of rotatable bonds is 5. The third kappa shape index (κ3) is 4.37. The van der Waals surface area contributed by atoms with Crippen molar-refractivity contribution in [2.24, 2.45) is 0 Å². The lowest BCUT2D eigenvalue weighted by atomic mass is 10.0. The Morgan fingerprint density at radius 1 is 1.10 bits per heavy atom. The number of anilines is 1. The summed E-state index contributed by atoms with van der Waals surface area (Å²) in [6.45, 7) is 3.19. The van der Waals surface area contributed by atoms with Crippen molar-refractivity contribution in [3.05, 3.63) is 59.4 Å². The molecule has 0 N–H and O–H groups in total. The Morgan fingerprint density at radius 2 is 1.74 bits per heavy atom. The molecule has 5 nitrogen and oxygen atoms in total. The number of thioether (sulfide) groups is 1. The SMILES string of the molecule is CC1(C)C(=O)N(c2ccc(C#N)c(C(F)(F)F)c2)C(=O)N1CCSc1ccc(F)cc1. The maximum absolute atomic E-state index is 13.3. The van der Waals surface area contributed by atoms with Crippen LogP contribution >= 0.6 is 11.8 Å². The predicted octanol–water partition coefficient (Wildman–Crippen LogP) is 5.06. The van der Waals surface area contributed by atoms with Gasteiger partial charge < -0.3 is 4.90 Å². The lowest BCUT2D eigenvalue weighted by Gasteiger charge is -2.27. The van der Waals surface area contributed by atoms with Crippen LogP contribution in [0, 0.1) is 17.1 Å². The van der Waals surface area contributed by atoms with Crippen LogP contribution in [0.3, 0.4) is 0 Å². The van der Waals surface area contributed by atoms with E-state index in [1.165, 1.54) is 48.7 Å². The second-order valence-corrected chi connectivity index (χ2v) is 8.44. The van der Waals surface area contributed by atoms with Gasteiger partial charge in [0, 0.05) is 17.2 Å². The smallest absolute Gasteiger partial charge is 0.309 e. The summed E-state index contributed by atoms with van der Waals surface area (Å²) in [5.41, 5.74) is -3.33. The monoisotopic (exact) mass is 451 g/mol. The van der Waals surface area contributed by atoms with Crippen LogP contribution in [0.5, 0.6) is 0 Å². The fourth-order valence-corrected chi connectivity index (χ4v) is 4.07. The largest absolute Gasteiger partial charge is 0.417 e. The molecule has 0 aliphatic carbocycles. The molecular formula is C21H17F4N3O2S. The molecular weight excluding hydrogens is 434 g/mol. The first-order valence-corrected chi connectivity index (χ1v) is 10.1. The quantitative estimate of drug-likeness (QED) is 0.362. The fraction of sp³-hybridized carbons (Fsp3) is 0.286. The summed E-state index contributed by atoms with van der Waals surface area (Å²) < 4.78 is 52.9. The molecule has 1 aliphatic rings. The highest BCUT2D eigenvalue weighted by Gasteiger charge is 2.52. The molecule has 2 aromatic rings. The molecule has 10 heteroatoms. The van der Waals surface area contributed by atoms with Crippen LogP contribution in [0.2, 0.25) is 0 Å². The van der Waals surface area contributed by atoms with Crippen molar-refractivity contribution >= 4 is 29.4 Å². The Labute approximate surface area is 180 Å². The number of halogens is 4. The van der Waals surface area contributed by atoms with Gasteiger partial charge in [-0.05, 0) is 56.3 Å². The molecule has 31 heavy (non-hydrogen) atoms. The second-order valence-electron chi connectivity index (χ2n) is 7.28. The van der Waals surface area contributed by atoms with Gasteiger partial charge in [-0.15, -0.1) is 11.8 Å². The van der Waals surface area contributed by atoms with Gasteiger partial charge in [0.05, 0.1) is 22.9 Å². The molecule has 0 aromatic heterocycles. The van der Waals surface area contributed by atoms with Gasteiger partial charge in [0.1, 0.15) is 11.4 Å². The van der Waals surface area contributed by atoms with E-state index in [1.807, 2.05) is 0 Å². The molecule has 0 atom stereocenters. The van der Waals surface area contributed by atoms with Crippen LogP contribution in [-0.2, 0) is 11.0 Å². The molecule has 0 bridgehead atoms. The number of nitriles is 1. The van der Waals surface area contributed by atoms with Crippen LogP contribution in [0.15, 0.2) is 47.4 Å². The maximum atomic E-state index is 13.3. The van der Waals surface area contributed by atoms with Crippen LogP contribution in [0.1, 0.15) is 25.0 Å². The Balaban J connectivity index is 1.84. The summed E-state index contributed by atoms with van der Waals surface area (Å²) in [6, 6.07) is 9.25. The van der Waals surface area contributed by atoms with E-state index in [1.54, 1.807) is 12.1 Å². The van der Waals surface area contributed by atoms with E-state index >= 15 is 0 Å². The summed E-state index contributed by atoms with van der Waals surface area (Å²) in [5, 5.41) is 8.94. The van der Waals surface area contributed by atoms with E-state index in [2.05, 4.69) is 0 Å². The number of carbonyl (C=O) groups is 2. The van der Waals surface area contributed by atoms with E-state index in [0.717, 1.165) is 17.0 Å². The van der Waals surface area contributed by atoms with Crippen molar-refractivity contribution in [2.75, 3.05) is 17.2 Å². The molecule has 0 unspecified atom stereocenters. The molecule has 1 aliphatic heterocycles. The van der Waals surface area contributed by atoms with Crippen molar-refractivity contribution in [1.29, 1.82) is 5.26 Å². The van der Waals surface area contributed by atoms with Gasteiger partial charge in [0.25, 0.3) is 5.91 Å². The minimum atomic E-state index is -4.81. The van der Waals surface area contributed by atoms with Crippen molar-refractivity contribution in [3.63, 3.8) is 0 Å². The Hall–Kier alpha value is -3.06. The topological polar surface area (TPSA) is 64.4 Å². The second kappa shape index (κ2) is 8.23. The number of nitrogens with zero attached hydrogens (tertiary/aromatic N) is 3. The van der Waals surface area contributed by atoms with Crippen LogP contribution in [-0.4, -0.2) is 34.7 Å². The van der Waals surface area contributed by atoms with E-state index in [-0.39, 0.29) is 18.0 Å². The lowest BCUT2D eigenvalue weighted by Crippen LogP contribution is -2.45. The molecule has 2 aromatic carbocycles. The van der Waals surface area contributed by atoms with Crippen molar-refractivity contribution in [2.45, 2.75) is 30.5 Å². The number of urea groups is 1. The summed E-state index contributed by atoms with van der Waals surface area (Å²) in [6.07, 6.45) is -4.81. The van der Waals surface area contributed by atoms with Gasteiger partial charge in [-0.25, -0.2) is 14.1 Å². The van der Waals surface area contributed by atoms with E-state index in [4.69, 9.17) is 5.26 Å². The van der Waals surface area contributed by atoms with Crippen molar-refractivity contribution < 1.29 is 27.2 Å². The van der Waals surface area contributed by atoms with Crippen LogP contribution in [0.25, 0.3) is 0 Å². The number of imide groups is 1. The average molecular weight is 451 g/mol. The highest BCUT2D eigenvalue weighted by Crippen LogP contribution is 2.37. The first-order valence-electron chi connectivity index (χ1n) is 9.12. The number of alkyl halides is 3. The number of amides is 3. The normalized spacial score (nSPS) is 16.0. The van der Waals surface area contributed by atoms with Gasteiger partial charge in [-0.3, -0.25) is 4.79 Å². The van der Waals surface area contributed by atoms with E-state index in [0.29, 0.717) is 16.7 Å². The Bertz CT molecular complexity index is 1060. The van der Waals surface area contributed by atoms with Gasteiger partial charge >= 0.3 is 12.2 Å². The molecule has 0 spiro atoms. The number of hydrogen-bond donors (Lipinski definition) is 0. The zero-order chi connectivity index (χ0) is 23.0. The number of hydrogen-bond acceptors (Lipinski definition) is 4. The molecule has 1 saturated heterocycles. The first kappa shape index (κ1) is 22.6. The predicted molar refractivity (Wildman–Crippen MR) is 107 cm³/mol. The molecule has 1 fully saturated rings. The highest BCUT2D eigenvalue weighted by atomic mass is 32.2. The standard InChI is InChI=1S/C21H17F4N3O2S/c1-20(2)18(29)28(15-6-3-13(12-26)17(11-15)21(23,24)25)19(30)27(20)9-10-31-16-7-4-14(22)5-8-16/h3-8,11H,9-10H2,1-2H3. The third-order valence-corrected chi connectivity index (χ3v) is 5.90. The molecule has 1 heterocycles. The van der Waals surface area contributed by atoms with Gasteiger partial charge in [-0.1, -0.05) is 0 Å². The Kier molecular flexibility index (Phi) is 6.00. The number of carbonyl (C=O) groups excluding carboxylic acids is 2. The molecule has 3 rings (SSSR count). The van der Waals surface area contributed by atoms with E-state index in [9.17, 15) is 27.2 Å². The van der Waals surface area contributed by atoms with Crippen LogP contribution in [0.4, 0.5) is 28.0 Å². The summed E-state index contributed by atoms with van der Waals surface area (Å²) in [5.74, 6) is -0.646. The Morgan fingerprint density at radius 3 is 2.32 bits per heavy atom. The summed E-state index contributed by atoms with van der Waals surface area (Å²) in [7, 11) is 0. The minimum absolute atomic E-state index is 0.151. The van der Waals surface area contributed by atoms with Crippen molar-refractivity contribution in [3.8, 4) is 6.07 Å². The van der Waals surface area contributed by atoms with E-state index < -0.39 is 34.8 Å². The van der Waals surface area contributed by atoms with Gasteiger partial charge in [0.2, 0.25) is 0 Å². The van der Waals surface area contributed by atoms with Gasteiger partial charge in [0.15, 0.2) is 0 Å². The molecule has 0 saturated carbocycles. The summed E-state index contributed by atoms with van der Waals surface area (Å²) in [4.78, 5) is 28.6. The number of benzene rings is 2.